The third-order valence-electron chi connectivity index (χ3n) is 2.95. The highest BCUT2D eigenvalue weighted by molar-refractivity contribution is 7.91. The first kappa shape index (κ1) is 14.5. The van der Waals surface area contributed by atoms with Gasteiger partial charge >= 0.3 is 0 Å². The van der Waals surface area contributed by atoms with Crippen LogP contribution < -0.4 is 5.73 Å². The molecule has 2 N–H and O–H groups in total. The fourth-order valence-electron chi connectivity index (χ4n) is 1.79. The predicted octanol–water partition coefficient (Wildman–Crippen LogP) is 2.56. The number of nitrogens with two attached hydrogens (primary N) is 1. The maximum absolute atomic E-state index is 13.1. The highest BCUT2D eigenvalue weighted by Crippen LogP contribution is 2.18. The molecule has 0 unspecified atom stereocenters. The fraction of sp³-hybridized carbons (Fsp3) is 0.143. The molecule has 0 atom stereocenters. The molecule has 0 aliphatic rings. The third-order valence-corrected chi connectivity index (χ3v) is 4.66. The molecule has 0 aromatic heterocycles. The second-order valence-corrected chi connectivity index (χ2v) is 6.45. The van der Waals surface area contributed by atoms with Crippen molar-refractivity contribution in [1.29, 1.82) is 0 Å². The average Bonchev–Trinajstić information content (AvgIpc) is 2.41. The molecule has 3 nitrogen and oxygen atoms in total. The molecule has 20 heavy (non-hydrogen) atoms. The van der Waals surface area contributed by atoms with Gasteiger partial charge in [-0.3, -0.25) is 0 Å². The van der Waals surface area contributed by atoms with Gasteiger partial charge in [0.1, 0.15) is 0 Å². The zero-order chi connectivity index (χ0) is 14.8. The Kier molecular flexibility index (Phi) is 4.04. The van der Waals surface area contributed by atoms with Gasteiger partial charge in [0.2, 0.25) is 0 Å². The van der Waals surface area contributed by atoms with Gasteiger partial charge in [-0.05, 0) is 36.2 Å². The SMILES string of the molecule is Nc1ccccc1CCS(=O)(=O)c1ccc(F)c(F)c1. The minimum atomic E-state index is -3.68. The quantitative estimate of drug-likeness (QED) is 0.697. The van der Waals surface area contributed by atoms with Crippen LogP contribution in [0.2, 0.25) is 0 Å². The van der Waals surface area contributed by atoms with Crippen LogP contribution >= 0.6 is 0 Å². The number of para-hydroxylation sites is 1. The van der Waals surface area contributed by atoms with Gasteiger partial charge in [0.05, 0.1) is 10.6 Å². The van der Waals surface area contributed by atoms with Gasteiger partial charge in [0, 0.05) is 5.69 Å². The van der Waals surface area contributed by atoms with Crippen molar-refractivity contribution in [2.75, 3.05) is 11.5 Å². The summed E-state index contributed by atoms with van der Waals surface area (Å²) in [6.07, 6.45) is 0.216. The van der Waals surface area contributed by atoms with Crippen molar-refractivity contribution in [1.82, 2.24) is 0 Å². The summed E-state index contributed by atoms with van der Waals surface area (Å²) in [7, 11) is -3.68. The number of anilines is 1. The van der Waals surface area contributed by atoms with Crippen LogP contribution in [0.3, 0.4) is 0 Å². The molecular formula is C14H13F2NO2S. The van der Waals surface area contributed by atoms with E-state index < -0.39 is 21.5 Å². The van der Waals surface area contributed by atoms with Crippen LogP contribution in [-0.2, 0) is 16.3 Å². The molecule has 0 spiro atoms. The molecule has 2 aromatic rings. The summed E-state index contributed by atoms with van der Waals surface area (Å²) in [6.45, 7) is 0. The summed E-state index contributed by atoms with van der Waals surface area (Å²) < 4.78 is 50.0. The number of hydrogen-bond acceptors (Lipinski definition) is 3. The Bertz CT molecular complexity index is 730. The lowest BCUT2D eigenvalue weighted by Crippen LogP contribution is -2.10. The maximum atomic E-state index is 13.1. The highest BCUT2D eigenvalue weighted by Gasteiger charge is 2.17. The Hall–Kier alpha value is -1.95. The van der Waals surface area contributed by atoms with Crippen molar-refractivity contribution in [3.05, 3.63) is 59.7 Å². The topological polar surface area (TPSA) is 60.2 Å². The summed E-state index contributed by atoms with van der Waals surface area (Å²) in [5.41, 5.74) is 6.94. The molecule has 106 valence electrons. The van der Waals surface area contributed by atoms with Crippen LogP contribution in [0, 0.1) is 11.6 Å². The lowest BCUT2D eigenvalue weighted by molar-refractivity contribution is 0.504. The van der Waals surface area contributed by atoms with Crippen molar-refractivity contribution >= 4 is 15.5 Å². The Balaban J connectivity index is 2.19. The maximum Gasteiger partial charge on any atom is 0.178 e. The molecular weight excluding hydrogens is 284 g/mol. The summed E-state index contributed by atoms with van der Waals surface area (Å²) >= 11 is 0. The molecule has 2 rings (SSSR count). The van der Waals surface area contributed by atoms with E-state index in [1.165, 1.54) is 0 Å². The normalized spacial score (nSPS) is 11.5. The lowest BCUT2D eigenvalue weighted by Gasteiger charge is -2.07. The molecule has 0 saturated heterocycles. The Morgan fingerprint density at radius 1 is 1.00 bits per heavy atom. The molecule has 0 bridgehead atoms. The number of halogens is 2. The monoisotopic (exact) mass is 297 g/mol. The van der Waals surface area contributed by atoms with E-state index in [1.54, 1.807) is 24.3 Å². The average molecular weight is 297 g/mol. The molecule has 0 fully saturated rings. The van der Waals surface area contributed by atoms with Crippen LogP contribution in [0.1, 0.15) is 5.56 Å². The van der Waals surface area contributed by atoms with Gasteiger partial charge in [-0.2, -0.15) is 0 Å². The Morgan fingerprint density at radius 3 is 2.35 bits per heavy atom. The zero-order valence-corrected chi connectivity index (χ0v) is 11.3. The largest absolute Gasteiger partial charge is 0.399 e. The number of nitrogen functional groups attached to an aromatic ring is 1. The van der Waals surface area contributed by atoms with Crippen molar-refractivity contribution in [3.8, 4) is 0 Å². The molecule has 0 heterocycles. The van der Waals surface area contributed by atoms with Crippen LogP contribution in [-0.4, -0.2) is 14.2 Å². The summed E-state index contributed by atoms with van der Waals surface area (Å²) in [4.78, 5) is -0.231. The van der Waals surface area contributed by atoms with Crippen molar-refractivity contribution in [3.63, 3.8) is 0 Å². The van der Waals surface area contributed by atoms with Gasteiger partial charge in [0.25, 0.3) is 0 Å². The number of rotatable bonds is 4. The minimum Gasteiger partial charge on any atom is -0.399 e. The van der Waals surface area contributed by atoms with Crippen LogP contribution in [0.15, 0.2) is 47.4 Å². The van der Waals surface area contributed by atoms with E-state index in [4.69, 9.17) is 5.73 Å². The minimum absolute atomic E-state index is 0.216. The number of aryl methyl sites for hydroxylation is 1. The first-order valence-corrected chi connectivity index (χ1v) is 7.56. The van der Waals surface area contributed by atoms with E-state index in [-0.39, 0.29) is 17.1 Å². The summed E-state index contributed by atoms with van der Waals surface area (Å²) in [5, 5.41) is 0. The van der Waals surface area contributed by atoms with E-state index in [2.05, 4.69) is 0 Å². The molecule has 0 aliphatic carbocycles. The van der Waals surface area contributed by atoms with Gasteiger partial charge in [-0.1, -0.05) is 18.2 Å². The number of benzene rings is 2. The molecule has 6 heteroatoms. The van der Waals surface area contributed by atoms with Gasteiger partial charge in [-0.15, -0.1) is 0 Å². The van der Waals surface area contributed by atoms with Gasteiger partial charge in [-0.25, -0.2) is 17.2 Å². The second-order valence-electron chi connectivity index (χ2n) is 4.34. The smallest absolute Gasteiger partial charge is 0.178 e. The van der Waals surface area contributed by atoms with Crippen molar-refractivity contribution in [2.24, 2.45) is 0 Å². The zero-order valence-electron chi connectivity index (χ0n) is 10.5. The van der Waals surface area contributed by atoms with E-state index in [0.29, 0.717) is 17.3 Å². The lowest BCUT2D eigenvalue weighted by atomic mass is 10.1. The van der Waals surface area contributed by atoms with E-state index in [1.807, 2.05) is 0 Å². The van der Waals surface area contributed by atoms with E-state index >= 15 is 0 Å². The van der Waals surface area contributed by atoms with Crippen LogP contribution in [0.25, 0.3) is 0 Å². The molecule has 2 aromatic carbocycles. The standard InChI is InChI=1S/C14H13F2NO2S/c15-12-6-5-11(9-13(12)16)20(18,19)8-7-10-3-1-2-4-14(10)17/h1-6,9H,7-8,17H2. The molecule has 0 saturated carbocycles. The predicted molar refractivity (Wildman–Crippen MR) is 73.0 cm³/mol. The molecule has 0 amide bonds. The van der Waals surface area contributed by atoms with Crippen LogP contribution in [0.5, 0.6) is 0 Å². The molecule has 0 radical (unpaired) electrons. The number of sulfone groups is 1. The fourth-order valence-corrected chi connectivity index (χ4v) is 3.08. The van der Waals surface area contributed by atoms with Crippen LogP contribution in [0.4, 0.5) is 14.5 Å². The van der Waals surface area contributed by atoms with Gasteiger partial charge < -0.3 is 5.73 Å². The van der Waals surface area contributed by atoms with Crippen molar-refractivity contribution < 1.29 is 17.2 Å². The first-order valence-electron chi connectivity index (χ1n) is 5.91. The van der Waals surface area contributed by atoms with E-state index in [9.17, 15) is 17.2 Å². The summed E-state index contributed by atoms with van der Waals surface area (Å²) in [5.74, 6) is -2.46. The van der Waals surface area contributed by atoms with E-state index in [0.717, 1.165) is 12.1 Å². The Labute approximate surface area is 116 Å². The highest BCUT2D eigenvalue weighted by atomic mass is 32.2. The first-order chi connectivity index (χ1) is 9.40. The van der Waals surface area contributed by atoms with Gasteiger partial charge in [0.15, 0.2) is 21.5 Å². The Morgan fingerprint density at radius 2 is 1.70 bits per heavy atom. The second kappa shape index (κ2) is 5.58. The third kappa shape index (κ3) is 3.14. The molecule has 0 aliphatic heterocycles. The summed E-state index contributed by atoms with van der Waals surface area (Å²) in [6, 6.07) is 9.48. The number of hydrogen-bond donors (Lipinski definition) is 1. The van der Waals surface area contributed by atoms with Crippen molar-refractivity contribution in [2.45, 2.75) is 11.3 Å².